The van der Waals surface area contributed by atoms with Crippen LogP contribution in [-0.4, -0.2) is 13.1 Å². The van der Waals surface area contributed by atoms with Crippen LogP contribution in [0.5, 0.6) is 5.75 Å². The Hall–Kier alpha value is -3.47. The van der Waals surface area contributed by atoms with E-state index in [4.69, 9.17) is 10.5 Å². The lowest BCUT2D eigenvalue weighted by Crippen LogP contribution is -2.35. The predicted molar refractivity (Wildman–Crippen MR) is 148 cm³/mol. The number of hydrogen-bond acceptors (Lipinski definition) is 3. The minimum absolute atomic E-state index is 0.171. The van der Waals surface area contributed by atoms with Crippen molar-refractivity contribution in [2.75, 3.05) is 23.1 Å². The summed E-state index contributed by atoms with van der Waals surface area (Å²) in [5.74, 6) is 1.62. The standard InChI is InChI=1S/C30H39N3O2/c1-19(2)23-10-12-24(13-11-23)33(18-22-8-14-25(35-7)15-9-22)30(34)32-29-26(20(3)4)16-17-27(31)28(29)21(5)6/h8-17,19-21H,18,31H2,1-7H3,(H,32,34). The molecule has 3 rings (SSSR count). The molecule has 0 spiro atoms. The van der Waals surface area contributed by atoms with Crippen molar-refractivity contribution in [2.45, 2.75) is 65.8 Å². The van der Waals surface area contributed by atoms with Gasteiger partial charge in [0.15, 0.2) is 0 Å². The van der Waals surface area contributed by atoms with E-state index in [1.807, 2.05) is 48.5 Å². The Morgan fingerprint density at radius 2 is 1.49 bits per heavy atom. The average Bonchev–Trinajstić information content (AvgIpc) is 2.82. The summed E-state index contributed by atoms with van der Waals surface area (Å²) in [6.45, 7) is 13.2. The zero-order valence-electron chi connectivity index (χ0n) is 22.1. The molecule has 0 aliphatic rings. The summed E-state index contributed by atoms with van der Waals surface area (Å²) < 4.78 is 5.30. The number of nitrogens with one attached hydrogen (secondary N) is 1. The Kier molecular flexibility index (Phi) is 8.44. The van der Waals surface area contributed by atoms with Gasteiger partial charge in [-0.15, -0.1) is 0 Å². The number of rotatable bonds is 8. The third kappa shape index (κ3) is 6.16. The molecule has 3 aromatic carbocycles. The van der Waals surface area contributed by atoms with Crippen molar-refractivity contribution in [1.29, 1.82) is 0 Å². The molecule has 186 valence electrons. The summed E-state index contributed by atoms with van der Waals surface area (Å²) in [4.78, 5) is 15.7. The lowest BCUT2D eigenvalue weighted by atomic mass is 9.91. The topological polar surface area (TPSA) is 67.6 Å². The van der Waals surface area contributed by atoms with Gasteiger partial charge in [0.2, 0.25) is 0 Å². The molecule has 0 heterocycles. The van der Waals surface area contributed by atoms with Gasteiger partial charge >= 0.3 is 6.03 Å². The molecule has 0 fully saturated rings. The van der Waals surface area contributed by atoms with Crippen molar-refractivity contribution < 1.29 is 9.53 Å². The summed E-state index contributed by atoms with van der Waals surface area (Å²) in [5, 5.41) is 3.24. The number of urea groups is 1. The molecular weight excluding hydrogens is 434 g/mol. The number of ether oxygens (including phenoxy) is 1. The molecule has 5 nitrogen and oxygen atoms in total. The Labute approximate surface area is 210 Å². The quantitative estimate of drug-likeness (QED) is 0.327. The normalized spacial score (nSPS) is 11.3. The third-order valence-electron chi connectivity index (χ3n) is 6.36. The van der Waals surface area contributed by atoms with Crippen molar-refractivity contribution in [3.8, 4) is 5.75 Å². The number of benzene rings is 3. The molecular formula is C30H39N3O2. The van der Waals surface area contributed by atoms with Gasteiger partial charge in [0, 0.05) is 16.9 Å². The molecule has 3 N–H and O–H groups in total. The minimum Gasteiger partial charge on any atom is -0.497 e. The van der Waals surface area contributed by atoms with E-state index < -0.39 is 0 Å². The number of methoxy groups -OCH3 is 1. The van der Waals surface area contributed by atoms with E-state index in [0.717, 1.165) is 33.8 Å². The van der Waals surface area contributed by atoms with Gasteiger partial charge in [0.05, 0.1) is 19.3 Å². The lowest BCUT2D eigenvalue weighted by Gasteiger charge is -2.27. The van der Waals surface area contributed by atoms with Crippen LogP contribution in [0.25, 0.3) is 0 Å². The van der Waals surface area contributed by atoms with E-state index in [-0.39, 0.29) is 17.9 Å². The molecule has 0 unspecified atom stereocenters. The molecule has 0 saturated carbocycles. The molecule has 0 aliphatic heterocycles. The van der Waals surface area contributed by atoms with E-state index in [1.165, 1.54) is 5.56 Å². The van der Waals surface area contributed by atoms with Gasteiger partial charge in [-0.3, -0.25) is 4.90 Å². The molecule has 2 amide bonds. The molecule has 3 aromatic rings. The maximum atomic E-state index is 13.9. The fourth-order valence-corrected chi connectivity index (χ4v) is 4.30. The van der Waals surface area contributed by atoms with Crippen molar-refractivity contribution in [2.24, 2.45) is 0 Å². The first kappa shape index (κ1) is 26.1. The van der Waals surface area contributed by atoms with Gasteiger partial charge in [0.1, 0.15) is 5.75 Å². The smallest absolute Gasteiger partial charge is 0.326 e. The van der Waals surface area contributed by atoms with E-state index in [1.54, 1.807) is 12.0 Å². The zero-order chi connectivity index (χ0) is 25.7. The van der Waals surface area contributed by atoms with Gasteiger partial charge in [-0.2, -0.15) is 0 Å². The number of nitrogen functional groups attached to an aromatic ring is 1. The summed E-state index contributed by atoms with van der Waals surface area (Å²) in [5.41, 5.74) is 13.0. The number of nitrogens with two attached hydrogens (primary N) is 1. The Balaban J connectivity index is 2.03. The van der Waals surface area contributed by atoms with Crippen LogP contribution in [0.15, 0.2) is 60.7 Å². The van der Waals surface area contributed by atoms with Crippen molar-refractivity contribution >= 4 is 23.1 Å². The highest BCUT2D eigenvalue weighted by Gasteiger charge is 2.23. The highest BCUT2D eigenvalue weighted by atomic mass is 16.5. The maximum Gasteiger partial charge on any atom is 0.326 e. The first-order valence-electron chi connectivity index (χ1n) is 12.4. The highest BCUT2D eigenvalue weighted by molar-refractivity contribution is 6.03. The molecule has 0 aliphatic carbocycles. The summed E-state index contributed by atoms with van der Waals surface area (Å²) >= 11 is 0. The second kappa shape index (κ2) is 11.3. The first-order chi connectivity index (χ1) is 16.6. The van der Waals surface area contributed by atoms with Crippen molar-refractivity contribution in [3.05, 3.63) is 82.9 Å². The number of nitrogens with zero attached hydrogens (tertiary/aromatic N) is 1. The molecule has 0 atom stereocenters. The monoisotopic (exact) mass is 473 g/mol. The third-order valence-corrected chi connectivity index (χ3v) is 6.36. The van der Waals surface area contributed by atoms with Gasteiger partial charge in [-0.25, -0.2) is 4.79 Å². The average molecular weight is 474 g/mol. The maximum absolute atomic E-state index is 13.9. The molecule has 0 bridgehead atoms. The van der Waals surface area contributed by atoms with Crippen LogP contribution in [0.1, 0.15) is 81.5 Å². The Bertz CT molecular complexity index is 1130. The van der Waals surface area contributed by atoms with Crippen LogP contribution < -0.4 is 20.7 Å². The highest BCUT2D eigenvalue weighted by Crippen LogP contribution is 2.37. The largest absolute Gasteiger partial charge is 0.497 e. The number of amides is 2. The molecule has 0 radical (unpaired) electrons. The van der Waals surface area contributed by atoms with Gasteiger partial charge in [-0.1, -0.05) is 71.9 Å². The number of carbonyl (C=O) groups is 1. The fourth-order valence-electron chi connectivity index (χ4n) is 4.30. The lowest BCUT2D eigenvalue weighted by molar-refractivity contribution is 0.256. The molecule has 0 aromatic heterocycles. The second-order valence-corrected chi connectivity index (χ2v) is 9.95. The predicted octanol–water partition coefficient (Wildman–Crippen LogP) is 7.89. The van der Waals surface area contributed by atoms with Gasteiger partial charge < -0.3 is 15.8 Å². The first-order valence-corrected chi connectivity index (χ1v) is 12.4. The van der Waals surface area contributed by atoms with E-state index in [2.05, 4.69) is 59.0 Å². The fraction of sp³-hybridized carbons (Fsp3) is 0.367. The second-order valence-electron chi connectivity index (χ2n) is 9.95. The molecule has 5 heteroatoms. The Morgan fingerprint density at radius 3 is 2.00 bits per heavy atom. The zero-order valence-corrected chi connectivity index (χ0v) is 22.1. The summed E-state index contributed by atoms with van der Waals surface area (Å²) in [6, 6.07) is 19.8. The van der Waals surface area contributed by atoms with Crippen LogP contribution in [0.4, 0.5) is 21.9 Å². The van der Waals surface area contributed by atoms with Crippen LogP contribution in [-0.2, 0) is 6.54 Å². The SMILES string of the molecule is COc1ccc(CN(C(=O)Nc2c(C(C)C)ccc(N)c2C(C)C)c2ccc(C(C)C)cc2)cc1. The van der Waals surface area contributed by atoms with E-state index in [0.29, 0.717) is 18.2 Å². The summed E-state index contributed by atoms with van der Waals surface area (Å²) in [7, 11) is 1.65. The molecule has 0 saturated heterocycles. The number of anilines is 3. The number of hydrogen-bond donors (Lipinski definition) is 2. The minimum atomic E-state index is -0.187. The van der Waals surface area contributed by atoms with Crippen LogP contribution in [0.2, 0.25) is 0 Å². The van der Waals surface area contributed by atoms with Gasteiger partial charge in [0.25, 0.3) is 0 Å². The van der Waals surface area contributed by atoms with Crippen LogP contribution in [0, 0.1) is 0 Å². The van der Waals surface area contributed by atoms with E-state index in [9.17, 15) is 4.79 Å². The molecule has 35 heavy (non-hydrogen) atoms. The van der Waals surface area contributed by atoms with Gasteiger partial charge in [-0.05, 0) is 64.8 Å². The summed E-state index contributed by atoms with van der Waals surface area (Å²) in [6.07, 6.45) is 0. The van der Waals surface area contributed by atoms with Crippen molar-refractivity contribution in [3.63, 3.8) is 0 Å². The van der Waals surface area contributed by atoms with E-state index >= 15 is 0 Å². The van der Waals surface area contributed by atoms with Crippen LogP contribution in [0.3, 0.4) is 0 Å². The van der Waals surface area contributed by atoms with Crippen molar-refractivity contribution in [1.82, 2.24) is 0 Å². The Morgan fingerprint density at radius 1 is 0.857 bits per heavy atom. The number of carbonyl (C=O) groups excluding carboxylic acids is 1. The van der Waals surface area contributed by atoms with Crippen LogP contribution >= 0.6 is 0 Å².